The van der Waals surface area contributed by atoms with Crippen LogP contribution in [0.15, 0.2) is 35.1 Å². The van der Waals surface area contributed by atoms with Gasteiger partial charge in [0.25, 0.3) is 5.91 Å². The second kappa shape index (κ2) is 8.86. The second-order valence-corrected chi connectivity index (χ2v) is 9.33. The third-order valence-corrected chi connectivity index (χ3v) is 5.69. The van der Waals surface area contributed by atoms with Gasteiger partial charge in [-0.1, -0.05) is 11.6 Å². The Morgan fingerprint density at radius 2 is 2.00 bits per heavy atom. The summed E-state index contributed by atoms with van der Waals surface area (Å²) in [6.07, 6.45) is 4.54. The van der Waals surface area contributed by atoms with Crippen LogP contribution in [-0.4, -0.2) is 45.0 Å². The molecule has 0 unspecified atom stereocenters. The summed E-state index contributed by atoms with van der Waals surface area (Å²) in [6.45, 7) is 3.53. The van der Waals surface area contributed by atoms with Gasteiger partial charge in [0, 0.05) is 42.8 Å². The van der Waals surface area contributed by atoms with Crippen LogP contribution in [0.3, 0.4) is 0 Å². The minimum absolute atomic E-state index is 0.222. The van der Waals surface area contributed by atoms with Gasteiger partial charge in [0.1, 0.15) is 5.82 Å². The van der Waals surface area contributed by atoms with E-state index in [-0.39, 0.29) is 11.7 Å². The maximum Gasteiger partial charge on any atom is 0.267 e. The van der Waals surface area contributed by atoms with Crippen LogP contribution in [0.5, 0.6) is 0 Å². The van der Waals surface area contributed by atoms with E-state index in [1.165, 1.54) is 6.07 Å². The number of aromatic nitrogens is 1. The van der Waals surface area contributed by atoms with Gasteiger partial charge < -0.3 is 4.74 Å². The van der Waals surface area contributed by atoms with Crippen LogP contribution >= 0.6 is 11.6 Å². The van der Waals surface area contributed by atoms with Crippen LogP contribution in [0.25, 0.3) is 16.7 Å². The molecule has 0 spiro atoms. The summed E-state index contributed by atoms with van der Waals surface area (Å²) in [5.41, 5.74) is 3.29. The molecule has 1 atom stereocenters. The molecule has 1 aromatic heterocycles. The number of benzene rings is 1. The lowest BCUT2D eigenvalue weighted by Gasteiger charge is -2.22. The van der Waals surface area contributed by atoms with Crippen LogP contribution in [-0.2, 0) is 14.8 Å². The fourth-order valence-electron chi connectivity index (χ4n) is 3.42. The molecular weight excluding hydrogens is 445 g/mol. The molecule has 7 nitrogen and oxygen atoms in total. The Kier molecular flexibility index (Phi) is 6.59. The molecule has 0 radical (unpaired) electrons. The third-order valence-electron chi connectivity index (χ3n) is 4.84. The molecule has 0 bridgehead atoms. The highest BCUT2D eigenvalue weighted by Crippen LogP contribution is 2.35. The van der Waals surface area contributed by atoms with E-state index in [0.717, 1.165) is 23.6 Å². The number of aliphatic imine (C=N–C) groups is 1. The maximum absolute atomic E-state index is 14.6. The Hall–Kier alpha value is -2.62. The molecule has 1 aromatic carbocycles. The summed E-state index contributed by atoms with van der Waals surface area (Å²) < 4.78 is 44.4. The Morgan fingerprint density at radius 1 is 1.29 bits per heavy atom. The number of rotatable bonds is 5. The van der Waals surface area contributed by atoms with Crippen LogP contribution in [0.4, 0.5) is 4.39 Å². The molecule has 0 saturated carbocycles. The Bertz CT molecular complexity index is 1230. The zero-order valence-corrected chi connectivity index (χ0v) is 18.9. The van der Waals surface area contributed by atoms with Crippen molar-refractivity contribution >= 4 is 39.3 Å². The number of hydrogen-bond acceptors (Lipinski definition) is 6. The SMILES string of the molecule is CO[C@H]1CC=NC(C)=C1c1ncc(-c2cc(F)c(C(=O)NS(C)(=O)=O)cc2C)cc1Cl. The van der Waals surface area contributed by atoms with Gasteiger partial charge in [-0.3, -0.25) is 14.8 Å². The predicted octanol–water partition coefficient (Wildman–Crippen LogP) is 3.76. The molecule has 1 aliphatic heterocycles. The largest absolute Gasteiger partial charge is 0.376 e. The Morgan fingerprint density at radius 3 is 2.61 bits per heavy atom. The molecule has 1 N–H and O–H groups in total. The van der Waals surface area contributed by atoms with E-state index in [0.29, 0.717) is 33.8 Å². The number of nitrogens with one attached hydrogen (secondary N) is 1. The van der Waals surface area contributed by atoms with Crippen LogP contribution < -0.4 is 4.72 Å². The van der Waals surface area contributed by atoms with E-state index in [1.807, 2.05) is 6.92 Å². The molecular formula is C21H21ClFN3O4S. The number of halogens is 2. The first-order valence-electron chi connectivity index (χ1n) is 9.26. The number of methoxy groups -OCH3 is 1. The van der Waals surface area contributed by atoms with Gasteiger partial charge >= 0.3 is 0 Å². The number of ether oxygens (including phenoxy) is 1. The highest BCUT2D eigenvalue weighted by atomic mass is 35.5. The zero-order valence-electron chi connectivity index (χ0n) is 17.4. The maximum atomic E-state index is 14.6. The molecule has 0 fully saturated rings. The molecule has 0 saturated heterocycles. The summed E-state index contributed by atoms with van der Waals surface area (Å²) in [7, 11) is -2.21. The fraction of sp³-hybridized carbons (Fsp3) is 0.286. The number of pyridine rings is 1. The number of carbonyl (C=O) groups is 1. The van der Waals surface area contributed by atoms with Gasteiger partial charge in [-0.2, -0.15) is 0 Å². The van der Waals surface area contributed by atoms with Gasteiger partial charge in [-0.25, -0.2) is 17.5 Å². The number of allylic oxidation sites excluding steroid dienone is 1. The van der Waals surface area contributed by atoms with Gasteiger partial charge in [0.2, 0.25) is 10.0 Å². The summed E-state index contributed by atoms with van der Waals surface area (Å²) >= 11 is 6.52. The smallest absolute Gasteiger partial charge is 0.267 e. The topological polar surface area (TPSA) is 97.7 Å². The molecule has 31 heavy (non-hydrogen) atoms. The van der Waals surface area contributed by atoms with Gasteiger partial charge in [-0.05, 0) is 43.2 Å². The van der Waals surface area contributed by atoms with E-state index >= 15 is 0 Å². The number of aryl methyl sites for hydroxylation is 1. The van der Waals surface area contributed by atoms with E-state index in [4.69, 9.17) is 16.3 Å². The fourth-order valence-corrected chi connectivity index (χ4v) is 4.13. The quantitative estimate of drug-likeness (QED) is 0.725. The van der Waals surface area contributed by atoms with Gasteiger partial charge in [-0.15, -0.1) is 0 Å². The van der Waals surface area contributed by atoms with Crippen molar-refractivity contribution in [3.63, 3.8) is 0 Å². The highest BCUT2D eigenvalue weighted by Gasteiger charge is 2.24. The average molecular weight is 466 g/mol. The predicted molar refractivity (Wildman–Crippen MR) is 118 cm³/mol. The van der Waals surface area contributed by atoms with Crippen molar-refractivity contribution in [2.45, 2.75) is 26.4 Å². The molecule has 1 amide bonds. The van der Waals surface area contributed by atoms with Crippen LogP contribution in [0.2, 0.25) is 5.02 Å². The minimum Gasteiger partial charge on any atom is -0.376 e. The summed E-state index contributed by atoms with van der Waals surface area (Å²) in [5.74, 6) is -1.89. The first kappa shape index (κ1) is 23.1. The lowest BCUT2D eigenvalue weighted by atomic mass is 9.96. The van der Waals surface area contributed by atoms with Gasteiger partial charge in [0.15, 0.2) is 0 Å². The second-order valence-electron chi connectivity index (χ2n) is 7.18. The lowest BCUT2D eigenvalue weighted by Crippen LogP contribution is -2.30. The van der Waals surface area contributed by atoms with Crippen molar-refractivity contribution in [1.82, 2.24) is 9.71 Å². The number of sulfonamides is 1. The minimum atomic E-state index is -3.81. The van der Waals surface area contributed by atoms with E-state index < -0.39 is 21.7 Å². The first-order chi connectivity index (χ1) is 14.5. The highest BCUT2D eigenvalue weighted by molar-refractivity contribution is 7.89. The van der Waals surface area contributed by atoms with Crippen molar-refractivity contribution in [2.24, 2.45) is 4.99 Å². The zero-order chi connectivity index (χ0) is 22.9. The molecule has 164 valence electrons. The first-order valence-corrected chi connectivity index (χ1v) is 11.5. The van der Waals surface area contributed by atoms with Crippen molar-refractivity contribution in [3.8, 4) is 11.1 Å². The van der Waals surface area contributed by atoms with E-state index in [9.17, 15) is 17.6 Å². The normalized spacial score (nSPS) is 16.5. The summed E-state index contributed by atoms with van der Waals surface area (Å²) in [6, 6.07) is 4.11. The molecule has 3 rings (SSSR count). The third kappa shape index (κ3) is 5.00. The number of carbonyl (C=O) groups excluding carboxylic acids is 1. The van der Waals surface area contributed by atoms with Crippen LogP contribution in [0.1, 0.15) is 35.0 Å². The molecule has 1 aliphatic rings. The summed E-state index contributed by atoms with van der Waals surface area (Å²) in [4.78, 5) is 20.9. The average Bonchev–Trinajstić information content (AvgIpc) is 2.68. The number of amides is 1. The number of hydrogen-bond donors (Lipinski definition) is 1. The van der Waals surface area contributed by atoms with E-state index in [1.54, 1.807) is 37.2 Å². The van der Waals surface area contributed by atoms with Crippen molar-refractivity contribution in [1.29, 1.82) is 0 Å². The molecule has 10 heteroatoms. The van der Waals surface area contributed by atoms with Crippen molar-refractivity contribution < 1.29 is 22.3 Å². The van der Waals surface area contributed by atoms with Crippen LogP contribution in [0, 0.1) is 12.7 Å². The molecule has 0 aliphatic carbocycles. The molecule has 2 aromatic rings. The summed E-state index contributed by atoms with van der Waals surface area (Å²) in [5, 5.41) is 0.352. The van der Waals surface area contributed by atoms with Gasteiger partial charge in [0.05, 0.1) is 28.6 Å². The lowest BCUT2D eigenvalue weighted by molar-refractivity contribution is 0.0977. The van der Waals surface area contributed by atoms with Crippen molar-refractivity contribution in [2.75, 3.05) is 13.4 Å². The molecule has 2 heterocycles. The number of nitrogens with zero attached hydrogens (tertiary/aromatic N) is 2. The van der Waals surface area contributed by atoms with E-state index in [2.05, 4.69) is 9.98 Å². The Balaban J connectivity index is 2.01. The Labute approximate surface area is 185 Å². The standard InChI is InChI=1S/C21H21ClFN3O4S/c1-11-7-15(21(27)26-31(4,28)29)17(23)9-14(11)13-8-16(22)20(25-10-13)19-12(2)24-6-5-18(19)30-3/h6-10,18H,5H2,1-4H3,(H,26,27)/t18-/m0/s1. The monoisotopic (exact) mass is 465 g/mol. The van der Waals surface area contributed by atoms with Crippen molar-refractivity contribution in [3.05, 3.63) is 57.8 Å².